The van der Waals surface area contributed by atoms with Gasteiger partial charge in [-0.25, -0.2) is 23.9 Å². The van der Waals surface area contributed by atoms with Crippen molar-refractivity contribution in [3.8, 4) is 17.2 Å². The number of esters is 3. The molecule has 0 atom stereocenters. The van der Waals surface area contributed by atoms with Crippen LogP contribution in [0.3, 0.4) is 0 Å². The van der Waals surface area contributed by atoms with Crippen LogP contribution < -0.4 is 24.4 Å². The number of benzene rings is 1. The number of carbonyl (C=O) groups excluding carboxylic acids is 4. The number of carbonyl (C=O) groups is 4. The number of aromatic nitrogens is 4. The highest BCUT2D eigenvalue weighted by Gasteiger charge is 2.48. The van der Waals surface area contributed by atoms with Crippen LogP contribution in [0, 0.1) is 5.92 Å². The number of pyridine rings is 1. The van der Waals surface area contributed by atoms with E-state index in [0.717, 1.165) is 51.8 Å². The van der Waals surface area contributed by atoms with Crippen LogP contribution in [0.1, 0.15) is 55.1 Å². The number of alkyl halides is 9. The molecule has 0 spiro atoms. The molecule has 300 valence electrons. The van der Waals surface area contributed by atoms with E-state index >= 15 is 0 Å². The number of fused-ring (bicyclic) bond motifs is 1. The van der Waals surface area contributed by atoms with Gasteiger partial charge in [-0.3, -0.25) is 9.78 Å². The van der Waals surface area contributed by atoms with Gasteiger partial charge in [0.25, 0.3) is 5.91 Å². The Hall–Kier alpha value is -5.96. The molecule has 13 nitrogen and oxygen atoms in total. The van der Waals surface area contributed by atoms with Gasteiger partial charge in [0.05, 0.1) is 11.8 Å². The van der Waals surface area contributed by atoms with Crippen LogP contribution >= 0.6 is 0 Å². The van der Waals surface area contributed by atoms with Crippen LogP contribution in [0.4, 0.5) is 51.1 Å². The first-order valence-corrected chi connectivity index (χ1v) is 16.3. The molecule has 0 unspecified atom stereocenters. The van der Waals surface area contributed by atoms with Gasteiger partial charge in [0.15, 0.2) is 23.0 Å². The highest BCUT2D eigenvalue weighted by molar-refractivity contribution is 6.08. The Kier molecular flexibility index (Phi) is 11.3. The van der Waals surface area contributed by atoms with Crippen molar-refractivity contribution in [3.63, 3.8) is 0 Å². The number of piperidine rings is 1. The molecule has 0 saturated carbocycles. The monoisotopic (exact) mass is 804 g/mol. The second kappa shape index (κ2) is 15.3. The lowest BCUT2D eigenvalue weighted by Gasteiger charge is -2.32. The molecule has 1 aliphatic rings. The first-order valence-electron chi connectivity index (χ1n) is 16.3. The fourth-order valence-electron chi connectivity index (χ4n) is 5.74. The molecule has 1 amide bonds. The summed E-state index contributed by atoms with van der Waals surface area (Å²) in [5, 5.41) is 6.55. The van der Waals surface area contributed by atoms with Crippen molar-refractivity contribution in [3.05, 3.63) is 65.6 Å². The highest BCUT2D eigenvalue weighted by atomic mass is 19.4. The predicted molar refractivity (Wildman–Crippen MR) is 174 cm³/mol. The summed E-state index contributed by atoms with van der Waals surface area (Å²) in [5.74, 6) is -15.4. The third-order valence-electron chi connectivity index (χ3n) is 8.24. The molecule has 22 heteroatoms. The molecule has 1 N–H and O–H groups in total. The van der Waals surface area contributed by atoms with Crippen molar-refractivity contribution in [2.75, 3.05) is 23.3 Å². The maximum Gasteiger partial charge on any atom is 0.491 e. The summed E-state index contributed by atoms with van der Waals surface area (Å²) < 4.78 is 135. The van der Waals surface area contributed by atoms with Gasteiger partial charge in [-0.2, -0.15) is 39.5 Å². The van der Waals surface area contributed by atoms with Gasteiger partial charge in [-0.05, 0) is 66.5 Å². The minimum atomic E-state index is -5.89. The van der Waals surface area contributed by atoms with E-state index in [0.29, 0.717) is 24.8 Å². The second-order valence-corrected chi connectivity index (χ2v) is 13.4. The number of hydrogen-bond acceptors (Lipinski definition) is 11. The normalized spacial score (nSPS) is 14.4. The van der Waals surface area contributed by atoms with Crippen LogP contribution in [0.15, 0.2) is 48.9 Å². The highest BCUT2D eigenvalue weighted by Crippen LogP contribution is 2.49. The largest absolute Gasteiger partial charge is 0.491 e. The molecular weight excluding hydrogens is 775 g/mol. The molecule has 1 saturated heterocycles. The summed E-state index contributed by atoms with van der Waals surface area (Å²) in [5.41, 5.74) is -3.13. The Morgan fingerprint density at radius 2 is 1.34 bits per heavy atom. The number of rotatable bonds is 8. The smallest absolute Gasteiger partial charge is 0.419 e. The molecule has 0 radical (unpaired) electrons. The number of halogens is 9. The van der Waals surface area contributed by atoms with E-state index in [1.807, 2.05) is 17.0 Å². The molecule has 1 aliphatic heterocycles. The van der Waals surface area contributed by atoms with Crippen LogP contribution in [0.25, 0.3) is 5.65 Å². The number of amides is 1. The van der Waals surface area contributed by atoms with E-state index in [-0.39, 0.29) is 11.7 Å². The lowest BCUT2D eigenvalue weighted by Crippen LogP contribution is -2.35. The number of imidazole rings is 1. The fraction of sp³-hybridized carbons (Fsp3) is 0.382. The number of hydrogen-bond donors (Lipinski definition) is 1. The van der Waals surface area contributed by atoms with Gasteiger partial charge >= 0.3 is 36.4 Å². The number of nitrogens with one attached hydrogen (secondary N) is 1. The zero-order valence-electron chi connectivity index (χ0n) is 29.2. The van der Waals surface area contributed by atoms with Crippen LogP contribution in [0.2, 0.25) is 0 Å². The molecule has 56 heavy (non-hydrogen) atoms. The number of nitrogens with zero attached hydrogens (tertiary/aromatic N) is 5. The molecule has 4 aromatic rings. The van der Waals surface area contributed by atoms with E-state index in [1.165, 1.54) is 10.6 Å². The summed E-state index contributed by atoms with van der Waals surface area (Å²) in [4.78, 5) is 59.7. The lowest BCUT2D eigenvalue weighted by atomic mass is 9.84. The van der Waals surface area contributed by atoms with Gasteiger partial charge in [-0.1, -0.05) is 20.8 Å². The molecule has 4 heterocycles. The first kappa shape index (κ1) is 41.2. The molecule has 1 fully saturated rings. The van der Waals surface area contributed by atoms with Gasteiger partial charge in [0.1, 0.15) is 11.6 Å². The molecule has 3 aromatic heterocycles. The SMILES string of the molecule is CC(C)(C)c1c(OC(=O)C(F)(F)F)cc(C(=O)Nc2cn3nc(N4CCC(Cc5ccncc5)CC4)ccc3n2)c(OC(=O)C(F)(F)F)c1OC(=O)C(F)(F)F. The van der Waals surface area contributed by atoms with Crippen LogP contribution in [0.5, 0.6) is 17.2 Å². The maximum absolute atomic E-state index is 13.7. The zero-order chi connectivity index (χ0) is 41.4. The molecule has 1 aromatic carbocycles. The number of anilines is 2. The summed E-state index contributed by atoms with van der Waals surface area (Å²) in [6, 6.07) is 7.21. The number of ether oxygens (including phenoxy) is 3. The first-order chi connectivity index (χ1) is 25.9. The van der Waals surface area contributed by atoms with E-state index in [2.05, 4.69) is 34.6 Å². The molecule has 0 bridgehead atoms. The third-order valence-corrected chi connectivity index (χ3v) is 8.24. The topological polar surface area (TPSA) is 154 Å². The zero-order valence-corrected chi connectivity index (χ0v) is 29.2. The van der Waals surface area contributed by atoms with Crippen molar-refractivity contribution in [2.24, 2.45) is 5.92 Å². The Morgan fingerprint density at radius 1 is 0.786 bits per heavy atom. The Bertz CT molecular complexity index is 2140. The Morgan fingerprint density at radius 3 is 1.89 bits per heavy atom. The van der Waals surface area contributed by atoms with Gasteiger partial charge in [0.2, 0.25) is 0 Å². The lowest BCUT2D eigenvalue weighted by molar-refractivity contribution is -0.192. The summed E-state index contributed by atoms with van der Waals surface area (Å²) in [6.45, 7) is 4.43. The van der Waals surface area contributed by atoms with E-state index in [9.17, 15) is 58.7 Å². The van der Waals surface area contributed by atoms with Gasteiger partial charge < -0.3 is 24.4 Å². The standard InChI is InChI=1S/C34H29F9N6O7/c1-31(2,3)24-20(54-28(51)32(35,36)37)15-19(25(55-29(52)33(38,39)40)26(24)56-30(53)34(41,42)43)27(50)46-21-16-49-22(45-21)4-5-23(47-49)48-12-8-18(9-13-48)14-17-6-10-44-11-7-17/h4-7,10-11,15-16,18H,8-9,12-14H2,1-3H3,(H,46,50). The summed E-state index contributed by atoms with van der Waals surface area (Å²) in [7, 11) is 0. The quantitative estimate of drug-likeness (QED) is 0.117. The summed E-state index contributed by atoms with van der Waals surface area (Å²) >= 11 is 0. The van der Waals surface area contributed by atoms with Crippen molar-refractivity contribution < 1.29 is 72.9 Å². The van der Waals surface area contributed by atoms with E-state index in [4.69, 9.17) is 0 Å². The van der Waals surface area contributed by atoms with Crippen molar-refractivity contribution >= 4 is 41.1 Å². The molecule has 0 aliphatic carbocycles. The Labute approximate surface area is 309 Å². The van der Waals surface area contributed by atoms with E-state index in [1.54, 1.807) is 18.5 Å². The fourth-order valence-corrected chi connectivity index (χ4v) is 5.74. The maximum atomic E-state index is 13.7. The van der Waals surface area contributed by atoms with Crippen molar-refractivity contribution in [1.82, 2.24) is 19.6 Å². The third kappa shape index (κ3) is 9.63. The van der Waals surface area contributed by atoms with E-state index < -0.39 is 82.0 Å². The average Bonchev–Trinajstić information content (AvgIpc) is 3.49. The Balaban J connectivity index is 1.53. The minimum absolute atomic E-state index is 0.100. The average molecular weight is 805 g/mol. The van der Waals surface area contributed by atoms with Crippen molar-refractivity contribution in [1.29, 1.82) is 0 Å². The second-order valence-electron chi connectivity index (χ2n) is 13.4. The van der Waals surface area contributed by atoms with Crippen LogP contribution in [-0.2, 0) is 26.2 Å². The van der Waals surface area contributed by atoms with Gasteiger partial charge in [0, 0.05) is 31.0 Å². The minimum Gasteiger partial charge on any atom is -0.419 e. The molecular formula is C34H29F9N6O7. The molecule has 5 rings (SSSR count). The van der Waals surface area contributed by atoms with Crippen LogP contribution in [-0.4, -0.2) is 75.0 Å². The van der Waals surface area contributed by atoms with Crippen molar-refractivity contribution in [2.45, 2.75) is 64.0 Å². The predicted octanol–water partition coefficient (Wildman–Crippen LogP) is 6.54. The summed E-state index contributed by atoms with van der Waals surface area (Å²) in [6.07, 6.45) is -10.4. The van der Waals surface area contributed by atoms with Gasteiger partial charge in [-0.15, -0.1) is 5.10 Å².